The molecule has 0 saturated carbocycles. The molecule has 1 N–H and O–H groups in total. The van der Waals surface area contributed by atoms with E-state index in [0.717, 1.165) is 31.9 Å². The first kappa shape index (κ1) is 18.1. The van der Waals surface area contributed by atoms with E-state index >= 15 is 0 Å². The van der Waals surface area contributed by atoms with E-state index in [4.69, 9.17) is 27.6 Å². The number of nitrogens with zero attached hydrogens (tertiary/aromatic N) is 1. The van der Waals surface area contributed by atoms with Crippen LogP contribution in [0.15, 0.2) is 39.5 Å². The van der Waals surface area contributed by atoms with Gasteiger partial charge in [0.25, 0.3) is 0 Å². The van der Waals surface area contributed by atoms with E-state index < -0.39 is 0 Å². The molecule has 6 heteroatoms. The summed E-state index contributed by atoms with van der Waals surface area (Å²) in [6.07, 6.45) is 0. The zero-order valence-electron chi connectivity index (χ0n) is 14.2. The van der Waals surface area contributed by atoms with E-state index in [-0.39, 0.29) is 10.5 Å². The standard InChI is InChI=1S/C19H20Cl2N2O2/c1-3-23(4-2)11-10-22-14-6-5-7-15-16(14)18(24)12-8-9-13(20)17(21)19(12)25-15/h5-9,22H,3-4,10-11H2,1-2H3. The van der Waals surface area contributed by atoms with E-state index in [1.54, 1.807) is 18.2 Å². The minimum absolute atomic E-state index is 0.110. The summed E-state index contributed by atoms with van der Waals surface area (Å²) in [5.41, 5.74) is 1.48. The summed E-state index contributed by atoms with van der Waals surface area (Å²) in [5.74, 6) is 0. The Morgan fingerprint density at radius 2 is 1.88 bits per heavy atom. The van der Waals surface area contributed by atoms with Gasteiger partial charge in [0, 0.05) is 18.8 Å². The van der Waals surface area contributed by atoms with Crippen LogP contribution in [0.25, 0.3) is 21.9 Å². The number of hydrogen-bond donors (Lipinski definition) is 1. The maximum absolute atomic E-state index is 13.0. The molecular formula is C19H20Cl2N2O2. The van der Waals surface area contributed by atoms with Crippen LogP contribution < -0.4 is 10.7 Å². The second-order valence-corrected chi connectivity index (χ2v) is 6.59. The number of benzene rings is 2. The van der Waals surface area contributed by atoms with E-state index in [2.05, 4.69) is 24.1 Å². The third-order valence-corrected chi connectivity index (χ3v) is 5.18. The number of halogens is 2. The normalized spacial score (nSPS) is 11.6. The number of rotatable bonds is 6. The van der Waals surface area contributed by atoms with Crippen LogP contribution >= 0.6 is 23.2 Å². The van der Waals surface area contributed by atoms with E-state index in [0.29, 0.717) is 27.0 Å². The van der Waals surface area contributed by atoms with Crippen molar-refractivity contribution in [2.24, 2.45) is 0 Å². The van der Waals surface area contributed by atoms with Crippen LogP contribution in [0.5, 0.6) is 0 Å². The van der Waals surface area contributed by atoms with Crippen molar-refractivity contribution in [3.05, 3.63) is 50.6 Å². The fraction of sp³-hybridized carbons (Fsp3) is 0.316. The van der Waals surface area contributed by atoms with Crippen molar-refractivity contribution in [1.82, 2.24) is 4.90 Å². The monoisotopic (exact) mass is 378 g/mol. The summed E-state index contributed by atoms with van der Waals surface area (Å²) >= 11 is 12.2. The van der Waals surface area contributed by atoms with Gasteiger partial charge in [0.15, 0.2) is 5.58 Å². The molecule has 4 nitrogen and oxygen atoms in total. The highest BCUT2D eigenvalue weighted by molar-refractivity contribution is 6.44. The Balaban J connectivity index is 2.05. The maximum Gasteiger partial charge on any atom is 0.202 e. The second kappa shape index (κ2) is 7.65. The van der Waals surface area contributed by atoms with Crippen molar-refractivity contribution >= 4 is 50.8 Å². The van der Waals surface area contributed by atoms with Crippen molar-refractivity contribution in [2.75, 3.05) is 31.5 Å². The van der Waals surface area contributed by atoms with Crippen molar-refractivity contribution in [2.45, 2.75) is 13.8 Å². The molecular weight excluding hydrogens is 359 g/mol. The predicted molar refractivity (Wildman–Crippen MR) is 106 cm³/mol. The van der Waals surface area contributed by atoms with Gasteiger partial charge in [-0.3, -0.25) is 4.79 Å². The van der Waals surface area contributed by atoms with Crippen LogP contribution in [0.3, 0.4) is 0 Å². The lowest BCUT2D eigenvalue weighted by atomic mass is 10.1. The quantitative estimate of drug-likeness (QED) is 0.612. The summed E-state index contributed by atoms with van der Waals surface area (Å²) in [6.45, 7) is 7.93. The Morgan fingerprint density at radius 3 is 2.60 bits per heavy atom. The van der Waals surface area contributed by atoms with E-state index in [9.17, 15) is 4.79 Å². The fourth-order valence-electron chi connectivity index (χ4n) is 2.94. The second-order valence-electron chi connectivity index (χ2n) is 5.80. The Morgan fingerprint density at radius 1 is 1.12 bits per heavy atom. The number of anilines is 1. The fourth-order valence-corrected chi connectivity index (χ4v) is 3.29. The van der Waals surface area contributed by atoms with Crippen LogP contribution in [0.1, 0.15) is 13.8 Å². The SMILES string of the molecule is CCN(CC)CCNc1cccc2oc3c(Cl)c(Cl)ccc3c(=O)c12. The van der Waals surface area contributed by atoms with Crippen LogP contribution in [0.4, 0.5) is 5.69 Å². The average molecular weight is 379 g/mol. The van der Waals surface area contributed by atoms with Crippen molar-refractivity contribution in [3.8, 4) is 0 Å². The summed E-state index contributed by atoms with van der Waals surface area (Å²) < 4.78 is 5.88. The van der Waals surface area contributed by atoms with Crippen LogP contribution in [-0.2, 0) is 0 Å². The Bertz CT molecular complexity index is 965. The predicted octanol–water partition coefficient (Wildman–Crippen LogP) is 5.01. The highest BCUT2D eigenvalue weighted by Crippen LogP contribution is 2.32. The molecule has 1 aromatic heterocycles. The summed E-state index contributed by atoms with van der Waals surface area (Å²) in [7, 11) is 0. The van der Waals surface area contributed by atoms with Gasteiger partial charge in [-0.25, -0.2) is 0 Å². The lowest BCUT2D eigenvalue weighted by molar-refractivity contribution is 0.316. The highest BCUT2D eigenvalue weighted by atomic mass is 35.5. The molecule has 0 aliphatic rings. The molecule has 3 aromatic rings. The number of hydrogen-bond acceptors (Lipinski definition) is 4. The van der Waals surface area contributed by atoms with E-state index in [1.165, 1.54) is 0 Å². The van der Waals surface area contributed by atoms with Gasteiger partial charge in [-0.05, 0) is 37.4 Å². The molecule has 1 heterocycles. The van der Waals surface area contributed by atoms with Gasteiger partial charge in [-0.2, -0.15) is 0 Å². The third-order valence-electron chi connectivity index (χ3n) is 4.40. The molecule has 0 unspecified atom stereocenters. The van der Waals surface area contributed by atoms with Crippen molar-refractivity contribution < 1.29 is 4.42 Å². The highest BCUT2D eigenvalue weighted by Gasteiger charge is 2.15. The van der Waals surface area contributed by atoms with Gasteiger partial charge >= 0.3 is 0 Å². The van der Waals surface area contributed by atoms with Crippen molar-refractivity contribution in [3.63, 3.8) is 0 Å². The first-order valence-corrected chi connectivity index (χ1v) is 9.12. The number of nitrogens with one attached hydrogen (secondary N) is 1. The Kier molecular flexibility index (Phi) is 5.52. The molecule has 3 rings (SSSR count). The molecule has 0 aliphatic heterocycles. The van der Waals surface area contributed by atoms with Crippen LogP contribution in [0, 0.1) is 0 Å². The molecule has 0 amide bonds. The molecule has 0 bridgehead atoms. The number of likely N-dealkylation sites (N-methyl/N-ethyl adjacent to an activating group) is 1. The molecule has 0 atom stereocenters. The minimum atomic E-state index is -0.110. The topological polar surface area (TPSA) is 45.5 Å². The van der Waals surface area contributed by atoms with Gasteiger partial charge in [-0.1, -0.05) is 43.1 Å². The maximum atomic E-state index is 13.0. The Hall–Kier alpha value is -1.75. The zero-order chi connectivity index (χ0) is 18.0. The molecule has 25 heavy (non-hydrogen) atoms. The Labute approximate surface area is 156 Å². The van der Waals surface area contributed by atoms with Gasteiger partial charge in [-0.15, -0.1) is 0 Å². The summed E-state index contributed by atoms with van der Waals surface area (Å²) in [6, 6.07) is 8.79. The average Bonchev–Trinajstić information content (AvgIpc) is 2.62. The largest absolute Gasteiger partial charge is 0.454 e. The lowest BCUT2D eigenvalue weighted by Gasteiger charge is -2.18. The third kappa shape index (κ3) is 3.47. The molecule has 2 aromatic carbocycles. The van der Waals surface area contributed by atoms with Gasteiger partial charge in [0.1, 0.15) is 10.6 Å². The first-order chi connectivity index (χ1) is 12.1. The molecule has 0 fully saturated rings. The summed E-state index contributed by atoms with van der Waals surface area (Å²) in [4.78, 5) is 15.3. The molecule has 0 saturated heterocycles. The smallest absolute Gasteiger partial charge is 0.202 e. The minimum Gasteiger partial charge on any atom is -0.454 e. The van der Waals surface area contributed by atoms with Crippen molar-refractivity contribution in [1.29, 1.82) is 0 Å². The van der Waals surface area contributed by atoms with Gasteiger partial charge in [0.05, 0.1) is 15.8 Å². The van der Waals surface area contributed by atoms with Crippen LogP contribution in [0.2, 0.25) is 10.0 Å². The van der Waals surface area contributed by atoms with Gasteiger partial charge < -0.3 is 14.6 Å². The van der Waals surface area contributed by atoms with Gasteiger partial charge in [0.2, 0.25) is 5.43 Å². The number of fused-ring (bicyclic) bond motifs is 2. The van der Waals surface area contributed by atoms with Crippen LogP contribution in [-0.4, -0.2) is 31.1 Å². The molecule has 0 radical (unpaired) electrons. The molecule has 0 spiro atoms. The first-order valence-electron chi connectivity index (χ1n) is 8.36. The zero-order valence-corrected chi connectivity index (χ0v) is 15.7. The molecule has 132 valence electrons. The molecule has 0 aliphatic carbocycles. The summed E-state index contributed by atoms with van der Waals surface area (Å²) in [5, 5.41) is 4.95. The van der Waals surface area contributed by atoms with E-state index in [1.807, 2.05) is 12.1 Å². The lowest BCUT2D eigenvalue weighted by Crippen LogP contribution is -2.28.